The van der Waals surface area contributed by atoms with Crippen LogP contribution in [0.25, 0.3) is 0 Å². The Morgan fingerprint density at radius 1 is 0.700 bits per heavy atom. The van der Waals surface area contributed by atoms with Gasteiger partial charge in [0.15, 0.2) is 5.71 Å². The predicted molar refractivity (Wildman–Crippen MR) is 208 cm³/mol. The average Bonchev–Trinajstić information content (AvgIpc) is 3.67. The molecule has 254 valence electrons. The third-order valence-electron chi connectivity index (χ3n) is 10.9. The van der Waals surface area contributed by atoms with E-state index in [1.807, 2.05) is 0 Å². The molecule has 3 aliphatic rings. The fourth-order valence-electron chi connectivity index (χ4n) is 8.13. The van der Waals surface area contributed by atoms with E-state index >= 15 is 0 Å². The van der Waals surface area contributed by atoms with Gasteiger partial charge in [-0.1, -0.05) is 62.4 Å². The Bertz CT molecular complexity index is 2060. The Hall–Kier alpha value is -5.29. The number of fused-ring (bicyclic) bond motifs is 2. The maximum absolute atomic E-state index is 5.61. The smallest absolute Gasteiger partial charge is 0.209 e. The summed E-state index contributed by atoms with van der Waals surface area (Å²) in [5.41, 5.74) is 13.4. The predicted octanol–water partition coefficient (Wildman–Crippen LogP) is 10.4. The fourth-order valence-corrected chi connectivity index (χ4v) is 8.13. The summed E-state index contributed by atoms with van der Waals surface area (Å²) >= 11 is 0. The second kappa shape index (κ2) is 12.9. The van der Waals surface area contributed by atoms with Crippen molar-refractivity contribution in [1.29, 1.82) is 0 Å². The number of nitrogens with zero attached hydrogens (tertiary/aromatic N) is 3. The van der Waals surface area contributed by atoms with Crippen molar-refractivity contribution in [3.8, 4) is 11.5 Å². The van der Waals surface area contributed by atoms with Gasteiger partial charge in [-0.15, -0.1) is 0 Å². The molecule has 0 atom stereocenters. The van der Waals surface area contributed by atoms with Crippen molar-refractivity contribution in [2.75, 3.05) is 38.1 Å². The topological polar surface area (TPSA) is 28.0 Å². The van der Waals surface area contributed by atoms with Gasteiger partial charge >= 0.3 is 0 Å². The number of ether oxygens (including phenoxy) is 2. The lowest BCUT2D eigenvalue weighted by molar-refractivity contribution is -0.401. The van der Waals surface area contributed by atoms with E-state index in [2.05, 4.69) is 178 Å². The number of anilines is 3. The summed E-state index contributed by atoms with van der Waals surface area (Å²) in [5.74, 6) is 1.78. The number of rotatable bonds is 8. The number of benzene rings is 4. The molecule has 50 heavy (non-hydrogen) atoms. The van der Waals surface area contributed by atoms with Crippen molar-refractivity contribution in [3.05, 3.63) is 155 Å². The van der Waals surface area contributed by atoms with Crippen LogP contribution in [0.5, 0.6) is 11.5 Å². The molecule has 0 aromatic heterocycles. The SMILES string of the molecule is COc1ccc2c(c1)C(C)(C)C(=CC=C1CCC(C=CC3=[N+](C)c4ccc(OC)cc4C3(C)C)=C1N(c1ccccc1)c1ccccc1)N2C. The van der Waals surface area contributed by atoms with Crippen LogP contribution in [-0.4, -0.2) is 38.6 Å². The summed E-state index contributed by atoms with van der Waals surface area (Å²) in [7, 11) is 7.82. The molecule has 0 amide bonds. The van der Waals surface area contributed by atoms with Crippen molar-refractivity contribution >= 4 is 28.5 Å². The highest BCUT2D eigenvalue weighted by Gasteiger charge is 2.43. The van der Waals surface area contributed by atoms with Gasteiger partial charge in [-0.25, -0.2) is 0 Å². The van der Waals surface area contributed by atoms with Crippen molar-refractivity contribution in [3.63, 3.8) is 0 Å². The molecule has 0 spiro atoms. The highest BCUT2D eigenvalue weighted by molar-refractivity contribution is 6.03. The summed E-state index contributed by atoms with van der Waals surface area (Å²) in [4.78, 5) is 4.77. The molecule has 0 radical (unpaired) electrons. The van der Waals surface area contributed by atoms with Crippen molar-refractivity contribution in [2.24, 2.45) is 0 Å². The first-order chi connectivity index (χ1) is 24.1. The van der Waals surface area contributed by atoms with E-state index in [1.165, 1.54) is 50.8 Å². The van der Waals surface area contributed by atoms with Gasteiger partial charge in [0.25, 0.3) is 0 Å². The molecule has 2 heterocycles. The minimum absolute atomic E-state index is 0.174. The van der Waals surface area contributed by atoms with Gasteiger partial charge in [0.05, 0.1) is 25.3 Å². The van der Waals surface area contributed by atoms with E-state index in [9.17, 15) is 0 Å². The van der Waals surface area contributed by atoms with Crippen LogP contribution in [0, 0.1) is 0 Å². The van der Waals surface area contributed by atoms with Crippen LogP contribution >= 0.6 is 0 Å². The Morgan fingerprint density at radius 2 is 1.30 bits per heavy atom. The van der Waals surface area contributed by atoms with E-state index in [0.29, 0.717) is 0 Å². The molecule has 4 aromatic rings. The minimum Gasteiger partial charge on any atom is -0.497 e. The zero-order valence-corrected chi connectivity index (χ0v) is 30.6. The monoisotopic (exact) mass is 662 g/mol. The van der Waals surface area contributed by atoms with Gasteiger partial charge in [-0.05, 0) is 104 Å². The first-order valence-corrected chi connectivity index (χ1v) is 17.5. The largest absolute Gasteiger partial charge is 0.497 e. The lowest BCUT2D eigenvalue weighted by atomic mass is 9.81. The first kappa shape index (κ1) is 33.2. The number of hydrogen-bond acceptors (Lipinski definition) is 4. The maximum atomic E-state index is 5.61. The molecule has 0 bridgehead atoms. The third-order valence-corrected chi connectivity index (χ3v) is 10.9. The Balaban J connectivity index is 1.37. The van der Waals surface area contributed by atoms with E-state index < -0.39 is 0 Å². The number of likely N-dealkylation sites (N-methyl/N-ethyl adjacent to an activating group) is 1. The molecule has 5 heteroatoms. The summed E-state index contributed by atoms with van der Waals surface area (Å²) in [6.07, 6.45) is 11.3. The lowest BCUT2D eigenvalue weighted by Gasteiger charge is -2.29. The molecular formula is C45H48N3O2+. The Labute approximate surface area is 297 Å². The Kier molecular flexibility index (Phi) is 8.55. The van der Waals surface area contributed by atoms with Gasteiger partial charge in [-0.2, -0.15) is 4.58 Å². The maximum Gasteiger partial charge on any atom is 0.209 e. The summed E-state index contributed by atoms with van der Waals surface area (Å²) in [6, 6.07) is 34.3. The van der Waals surface area contributed by atoms with Gasteiger partial charge < -0.3 is 19.3 Å². The molecule has 2 aliphatic heterocycles. The van der Waals surface area contributed by atoms with Crippen LogP contribution in [0.2, 0.25) is 0 Å². The first-order valence-electron chi connectivity index (χ1n) is 17.5. The summed E-state index contributed by atoms with van der Waals surface area (Å²) in [5, 5.41) is 0. The molecule has 7 rings (SSSR count). The van der Waals surface area contributed by atoms with Crippen molar-refractivity contribution < 1.29 is 14.0 Å². The van der Waals surface area contributed by atoms with Crippen LogP contribution in [0.15, 0.2) is 144 Å². The van der Waals surface area contributed by atoms with E-state index in [4.69, 9.17) is 9.47 Å². The normalized spacial score (nSPS) is 19.2. The van der Waals surface area contributed by atoms with Gasteiger partial charge in [0, 0.05) is 52.9 Å². The molecule has 0 unspecified atom stereocenters. The summed E-state index contributed by atoms with van der Waals surface area (Å²) in [6.45, 7) is 9.24. The molecule has 0 fully saturated rings. The fraction of sp³-hybridized carbons (Fsp3) is 0.267. The highest BCUT2D eigenvalue weighted by atomic mass is 16.5. The van der Waals surface area contributed by atoms with Crippen LogP contribution in [0.4, 0.5) is 22.7 Å². The van der Waals surface area contributed by atoms with E-state index in [1.54, 1.807) is 14.2 Å². The van der Waals surface area contributed by atoms with Gasteiger partial charge in [0.1, 0.15) is 18.5 Å². The quantitative estimate of drug-likeness (QED) is 0.176. The van der Waals surface area contributed by atoms with Crippen molar-refractivity contribution in [2.45, 2.75) is 51.4 Å². The van der Waals surface area contributed by atoms with Crippen LogP contribution < -0.4 is 19.3 Å². The third kappa shape index (κ3) is 5.55. The van der Waals surface area contributed by atoms with Gasteiger partial charge in [-0.3, -0.25) is 0 Å². The zero-order valence-electron chi connectivity index (χ0n) is 30.6. The minimum atomic E-state index is -0.174. The Morgan fingerprint density at radius 3 is 1.92 bits per heavy atom. The zero-order chi connectivity index (χ0) is 35.2. The average molecular weight is 663 g/mol. The van der Waals surface area contributed by atoms with Crippen LogP contribution in [0.1, 0.15) is 51.7 Å². The summed E-state index contributed by atoms with van der Waals surface area (Å²) < 4.78 is 13.6. The van der Waals surface area contributed by atoms with Crippen LogP contribution in [0.3, 0.4) is 0 Å². The van der Waals surface area contributed by atoms with E-state index in [-0.39, 0.29) is 10.8 Å². The number of para-hydroxylation sites is 2. The molecular weight excluding hydrogens is 615 g/mol. The molecule has 4 aromatic carbocycles. The standard InChI is InChI=1S/C45H48N3O2/c1-44(2)37-29-35(49-7)23-25-39(37)46(5)41(44)27-21-31-19-20-32(43(31)48(33-15-11-9-12-16-33)34-17-13-10-14-18-34)22-28-42-45(3,4)38-30-36(50-8)24-26-40(38)47(42)6/h9-18,21-30H,19-20H2,1-8H3/q+1. The number of allylic oxidation sites excluding steroid dienone is 7. The van der Waals surface area contributed by atoms with Gasteiger partial charge in [0.2, 0.25) is 5.69 Å². The molecule has 0 saturated carbocycles. The van der Waals surface area contributed by atoms with Crippen LogP contribution in [-0.2, 0) is 10.8 Å². The molecule has 5 nitrogen and oxygen atoms in total. The highest BCUT2D eigenvalue weighted by Crippen LogP contribution is 2.49. The second-order valence-electron chi connectivity index (χ2n) is 14.5. The van der Waals surface area contributed by atoms with Crippen molar-refractivity contribution in [1.82, 2.24) is 0 Å². The molecule has 0 saturated heterocycles. The second-order valence-corrected chi connectivity index (χ2v) is 14.5. The number of hydrogen-bond donors (Lipinski definition) is 0. The number of methoxy groups -OCH3 is 2. The molecule has 1 aliphatic carbocycles. The lowest BCUT2D eigenvalue weighted by Crippen LogP contribution is -2.26. The van der Waals surface area contributed by atoms with E-state index in [0.717, 1.165) is 35.7 Å². The molecule has 0 N–H and O–H groups in total.